The fourth-order valence-corrected chi connectivity index (χ4v) is 2.74. The first kappa shape index (κ1) is 15.1. The second kappa shape index (κ2) is 5.79. The van der Waals surface area contributed by atoms with E-state index in [0.717, 1.165) is 0 Å². The predicted molar refractivity (Wildman–Crippen MR) is 77.3 cm³/mol. The first-order valence-electron chi connectivity index (χ1n) is 7.32. The van der Waals surface area contributed by atoms with Crippen LogP contribution in [-0.4, -0.2) is 58.5 Å². The van der Waals surface area contributed by atoms with Gasteiger partial charge in [0, 0.05) is 5.69 Å². The number of nitrogens with two attached hydrogens (primary N) is 1. The number of carbonyl (C=O) groups is 1. The first-order chi connectivity index (χ1) is 10.5. The zero-order valence-electron chi connectivity index (χ0n) is 12.5. The number of nitrogens with one attached hydrogen (secondary N) is 1. The maximum Gasteiger partial charge on any atom is 0.270 e. The largest absolute Gasteiger partial charge is 0.388 e. The molecule has 22 heavy (non-hydrogen) atoms. The molecule has 120 valence electrons. The molecule has 0 bridgehead atoms. The number of hydrogen-bond donors (Lipinski definition) is 3. The van der Waals surface area contributed by atoms with Crippen LogP contribution in [0.15, 0.2) is 6.07 Å². The van der Waals surface area contributed by atoms with Gasteiger partial charge >= 0.3 is 0 Å². The summed E-state index contributed by atoms with van der Waals surface area (Å²) in [5, 5.41) is 12.5. The molecule has 0 aliphatic carbocycles. The number of ether oxygens (including phenoxy) is 2. The van der Waals surface area contributed by atoms with E-state index in [9.17, 15) is 9.90 Å². The zero-order valence-corrected chi connectivity index (χ0v) is 12.5. The van der Waals surface area contributed by atoms with Gasteiger partial charge in [-0.1, -0.05) is 13.8 Å². The summed E-state index contributed by atoms with van der Waals surface area (Å²) < 4.78 is 11.0. The Hall–Kier alpha value is -1.77. The Morgan fingerprint density at radius 1 is 1.36 bits per heavy atom. The van der Waals surface area contributed by atoms with E-state index < -0.39 is 6.10 Å². The summed E-state index contributed by atoms with van der Waals surface area (Å²) in [6.45, 7) is 4.45. The molecule has 1 aromatic rings. The van der Waals surface area contributed by atoms with E-state index in [-0.39, 0.29) is 48.3 Å². The van der Waals surface area contributed by atoms with Gasteiger partial charge in [0.1, 0.15) is 24.0 Å². The number of hydrogen-bond acceptors (Lipinski definition) is 7. The highest BCUT2D eigenvalue weighted by Crippen LogP contribution is 2.27. The Morgan fingerprint density at radius 2 is 2.09 bits per heavy atom. The third-order valence-electron chi connectivity index (χ3n) is 3.93. The van der Waals surface area contributed by atoms with Crippen LogP contribution in [0.4, 0.5) is 5.95 Å². The van der Waals surface area contributed by atoms with E-state index in [0.29, 0.717) is 12.3 Å². The van der Waals surface area contributed by atoms with Crippen molar-refractivity contribution in [3.63, 3.8) is 0 Å². The van der Waals surface area contributed by atoms with Gasteiger partial charge in [0.05, 0.1) is 19.3 Å². The minimum absolute atomic E-state index is 0.0736. The van der Waals surface area contributed by atoms with Crippen LogP contribution in [-0.2, 0) is 9.47 Å². The molecule has 0 spiro atoms. The van der Waals surface area contributed by atoms with Crippen LogP contribution < -0.4 is 11.1 Å². The third kappa shape index (κ3) is 2.77. The molecule has 4 N–H and O–H groups in total. The Morgan fingerprint density at radius 3 is 2.82 bits per heavy atom. The maximum absolute atomic E-state index is 12.4. The summed E-state index contributed by atoms with van der Waals surface area (Å²) in [7, 11) is 0. The van der Waals surface area contributed by atoms with Crippen molar-refractivity contribution >= 4 is 11.9 Å². The lowest BCUT2D eigenvalue weighted by molar-refractivity contribution is 0.0178. The van der Waals surface area contributed by atoms with Crippen molar-refractivity contribution in [2.45, 2.75) is 44.1 Å². The minimum atomic E-state index is -0.644. The molecular formula is C14H20N4O4. The van der Waals surface area contributed by atoms with Crippen LogP contribution in [0.5, 0.6) is 0 Å². The zero-order chi connectivity index (χ0) is 15.9. The van der Waals surface area contributed by atoms with E-state index in [2.05, 4.69) is 15.3 Å². The summed E-state index contributed by atoms with van der Waals surface area (Å²) in [6.07, 6.45) is -1.36. The van der Waals surface area contributed by atoms with E-state index in [1.807, 2.05) is 13.8 Å². The molecule has 0 unspecified atom stereocenters. The first-order valence-corrected chi connectivity index (χ1v) is 7.32. The van der Waals surface area contributed by atoms with Gasteiger partial charge in [-0.2, -0.15) is 0 Å². The van der Waals surface area contributed by atoms with E-state index in [4.69, 9.17) is 15.2 Å². The molecule has 3 rings (SSSR count). The summed E-state index contributed by atoms with van der Waals surface area (Å²) in [6, 6.07) is 1.32. The number of rotatable bonds is 3. The highest BCUT2D eigenvalue weighted by Gasteiger charge is 2.47. The van der Waals surface area contributed by atoms with Crippen molar-refractivity contribution < 1.29 is 19.4 Å². The summed E-state index contributed by atoms with van der Waals surface area (Å²) in [5.74, 6) is -0.135. The molecule has 3 heterocycles. The van der Waals surface area contributed by atoms with Gasteiger partial charge in [0.2, 0.25) is 5.95 Å². The Bertz CT molecular complexity index is 580. The van der Waals surface area contributed by atoms with Crippen molar-refractivity contribution in [3.8, 4) is 0 Å². The smallest absolute Gasteiger partial charge is 0.270 e. The molecule has 8 heteroatoms. The average molecular weight is 308 g/mol. The normalized spacial score (nSPS) is 30.5. The number of aliphatic hydroxyl groups excluding tert-OH is 1. The number of nitrogens with zero attached hydrogens (tertiary/aromatic N) is 2. The fourth-order valence-electron chi connectivity index (χ4n) is 2.74. The highest BCUT2D eigenvalue weighted by molar-refractivity contribution is 5.92. The van der Waals surface area contributed by atoms with Crippen molar-refractivity contribution in [3.05, 3.63) is 17.5 Å². The highest BCUT2D eigenvalue weighted by atomic mass is 16.6. The van der Waals surface area contributed by atoms with Crippen molar-refractivity contribution in [1.29, 1.82) is 0 Å². The quantitative estimate of drug-likeness (QED) is 0.684. The van der Waals surface area contributed by atoms with Crippen molar-refractivity contribution in [2.75, 3.05) is 18.9 Å². The third-order valence-corrected chi connectivity index (χ3v) is 3.93. The topological polar surface area (TPSA) is 120 Å². The summed E-state index contributed by atoms with van der Waals surface area (Å²) >= 11 is 0. The van der Waals surface area contributed by atoms with E-state index >= 15 is 0 Å². The Balaban J connectivity index is 1.72. The second-order valence-electron chi connectivity index (χ2n) is 5.93. The standard InChI is InChI=1S/C14H20N4O4/c1-6(2)7-3-8(18-14(15)17-7)13(20)16-9-4-21-12-10(19)5-22-11(9)12/h3,6,9-12,19H,4-5H2,1-2H3,(H,16,20)(H2,15,17,18)/t9-,10-,11+,12+/m0/s1. The Labute approximate surface area is 128 Å². The van der Waals surface area contributed by atoms with Crippen molar-refractivity contribution in [2.24, 2.45) is 0 Å². The van der Waals surface area contributed by atoms with E-state index in [1.165, 1.54) is 0 Å². The van der Waals surface area contributed by atoms with Gasteiger partial charge in [0.15, 0.2) is 0 Å². The molecule has 0 saturated carbocycles. The molecule has 4 atom stereocenters. The van der Waals surface area contributed by atoms with Crippen LogP contribution >= 0.6 is 0 Å². The van der Waals surface area contributed by atoms with Crippen LogP contribution in [0.2, 0.25) is 0 Å². The fraction of sp³-hybridized carbons (Fsp3) is 0.643. The molecule has 2 aliphatic rings. The molecule has 2 saturated heterocycles. The average Bonchev–Trinajstić information content (AvgIpc) is 3.02. The molecule has 8 nitrogen and oxygen atoms in total. The number of fused-ring (bicyclic) bond motifs is 1. The lowest BCUT2D eigenvalue weighted by Gasteiger charge is -2.17. The van der Waals surface area contributed by atoms with Gasteiger partial charge < -0.3 is 25.6 Å². The lowest BCUT2D eigenvalue weighted by Crippen LogP contribution is -2.44. The summed E-state index contributed by atoms with van der Waals surface area (Å²) in [4.78, 5) is 20.5. The van der Waals surface area contributed by atoms with Gasteiger partial charge in [0.25, 0.3) is 5.91 Å². The van der Waals surface area contributed by atoms with Gasteiger partial charge in [-0.05, 0) is 12.0 Å². The molecule has 0 aromatic carbocycles. The minimum Gasteiger partial charge on any atom is -0.388 e. The van der Waals surface area contributed by atoms with Crippen LogP contribution in [0.25, 0.3) is 0 Å². The monoisotopic (exact) mass is 308 g/mol. The number of nitrogen functional groups attached to an aromatic ring is 1. The number of amides is 1. The van der Waals surface area contributed by atoms with Gasteiger partial charge in [-0.3, -0.25) is 4.79 Å². The number of aliphatic hydroxyl groups is 1. The second-order valence-corrected chi connectivity index (χ2v) is 5.93. The van der Waals surface area contributed by atoms with E-state index in [1.54, 1.807) is 6.07 Å². The molecule has 2 fully saturated rings. The number of aromatic nitrogens is 2. The predicted octanol–water partition coefficient (Wildman–Crippen LogP) is -0.561. The lowest BCUT2D eigenvalue weighted by atomic mass is 10.1. The molecule has 1 amide bonds. The maximum atomic E-state index is 12.4. The number of carbonyl (C=O) groups excluding carboxylic acids is 1. The van der Waals surface area contributed by atoms with Crippen LogP contribution in [0.3, 0.4) is 0 Å². The Kier molecular flexibility index (Phi) is 3.98. The summed E-state index contributed by atoms with van der Waals surface area (Å²) in [5.41, 5.74) is 6.60. The van der Waals surface area contributed by atoms with Crippen LogP contribution in [0.1, 0.15) is 35.9 Å². The molecule has 0 radical (unpaired) electrons. The molecule has 2 aliphatic heterocycles. The van der Waals surface area contributed by atoms with Gasteiger partial charge in [-0.15, -0.1) is 0 Å². The molecule has 1 aromatic heterocycles. The molecular weight excluding hydrogens is 288 g/mol. The van der Waals surface area contributed by atoms with Crippen LogP contribution in [0, 0.1) is 0 Å². The SMILES string of the molecule is CC(C)c1cc(C(=O)N[C@H]2CO[C@H]3[C@@H]2OC[C@@H]3O)nc(N)n1. The van der Waals surface area contributed by atoms with Gasteiger partial charge in [-0.25, -0.2) is 9.97 Å². The van der Waals surface area contributed by atoms with Crippen molar-refractivity contribution in [1.82, 2.24) is 15.3 Å². The number of anilines is 1.